The Balaban J connectivity index is 2.45. The van der Waals surface area contributed by atoms with E-state index in [0.29, 0.717) is 6.42 Å². The van der Waals surface area contributed by atoms with Crippen LogP contribution in [-0.4, -0.2) is 41.4 Å². The van der Waals surface area contributed by atoms with Gasteiger partial charge in [-0.1, -0.05) is 6.92 Å². The van der Waals surface area contributed by atoms with Crippen molar-refractivity contribution in [1.82, 2.24) is 9.88 Å². The van der Waals surface area contributed by atoms with Gasteiger partial charge in [-0.15, -0.1) is 11.8 Å². The lowest BCUT2D eigenvalue weighted by atomic mass is 10.2. The maximum Gasteiger partial charge on any atom is 0.0957 e. The predicted octanol–water partition coefficient (Wildman–Crippen LogP) is 2.18. The second-order valence-electron chi connectivity index (χ2n) is 3.99. The summed E-state index contributed by atoms with van der Waals surface area (Å²) < 4.78 is 0. The first kappa shape index (κ1) is 13.5. The summed E-state index contributed by atoms with van der Waals surface area (Å²) in [7, 11) is 4.14. The van der Waals surface area contributed by atoms with Crippen molar-refractivity contribution in [3.63, 3.8) is 0 Å². The second-order valence-corrected chi connectivity index (χ2v) is 5.16. The zero-order valence-electron chi connectivity index (χ0n) is 10.2. The maximum absolute atomic E-state index is 9.59. The molecule has 0 aromatic carbocycles. The summed E-state index contributed by atoms with van der Waals surface area (Å²) in [6, 6.07) is 3.94. The van der Waals surface area contributed by atoms with E-state index in [0.717, 1.165) is 22.9 Å². The minimum absolute atomic E-state index is 0.430. The fourth-order valence-corrected chi connectivity index (χ4v) is 2.21. The molecular formula is C12H20N2OS. The van der Waals surface area contributed by atoms with E-state index in [4.69, 9.17) is 0 Å². The lowest BCUT2D eigenvalue weighted by molar-refractivity contribution is 0.169. The third-order valence-corrected chi connectivity index (χ3v) is 3.26. The summed E-state index contributed by atoms with van der Waals surface area (Å²) in [5.74, 6) is 1.06. The van der Waals surface area contributed by atoms with E-state index >= 15 is 0 Å². The number of rotatable bonds is 6. The molecule has 1 aromatic heterocycles. The van der Waals surface area contributed by atoms with Gasteiger partial charge in [-0.05, 0) is 32.6 Å². The summed E-state index contributed by atoms with van der Waals surface area (Å²) in [5.41, 5.74) is 0.763. The van der Waals surface area contributed by atoms with Crippen molar-refractivity contribution in [3.05, 3.63) is 24.0 Å². The molecule has 0 aliphatic carbocycles. The molecule has 1 N–H and O–H groups in total. The fraction of sp³-hybridized carbons (Fsp3) is 0.583. The molecule has 1 aromatic rings. The molecule has 1 rings (SSSR count). The molecule has 1 heterocycles. The van der Waals surface area contributed by atoms with E-state index in [-0.39, 0.29) is 0 Å². The van der Waals surface area contributed by atoms with Gasteiger partial charge in [0.2, 0.25) is 0 Å². The van der Waals surface area contributed by atoms with E-state index in [1.165, 1.54) is 0 Å². The Morgan fingerprint density at radius 2 is 2.19 bits per heavy atom. The van der Waals surface area contributed by atoms with Gasteiger partial charge < -0.3 is 10.0 Å². The number of aliphatic hydroxyl groups is 1. The molecule has 0 radical (unpaired) electrons. The molecule has 16 heavy (non-hydrogen) atoms. The highest BCUT2D eigenvalue weighted by atomic mass is 32.2. The Labute approximate surface area is 102 Å². The van der Waals surface area contributed by atoms with Crippen molar-refractivity contribution in [2.75, 3.05) is 26.4 Å². The van der Waals surface area contributed by atoms with Crippen LogP contribution in [-0.2, 0) is 0 Å². The highest BCUT2D eigenvalue weighted by Gasteiger charge is 2.05. The lowest BCUT2D eigenvalue weighted by Crippen LogP contribution is -2.14. The van der Waals surface area contributed by atoms with Crippen molar-refractivity contribution in [2.24, 2.45) is 0 Å². The number of pyridine rings is 1. The summed E-state index contributed by atoms with van der Waals surface area (Å²) >= 11 is 1.79. The van der Waals surface area contributed by atoms with E-state index in [1.807, 2.05) is 25.3 Å². The van der Waals surface area contributed by atoms with E-state index in [9.17, 15) is 5.11 Å². The number of hydrogen-bond acceptors (Lipinski definition) is 4. The number of thioether (sulfide) groups is 1. The number of aromatic nitrogens is 1. The van der Waals surface area contributed by atoms with Crippen LogP contribution in [0, 0.1) is 0 Å². The van der Waals surface area contributed by atoms with Gasteiger partial charge in [-0.3, -0.25) is 4.98 Å². The van der Waals surface area contributed by atoms with Gasteiger partial charge >= 0.3 is 0 Å². The molecule has 90 valence electrons. The van der Waals surface area contributed by atoms with Gasteiger partial charge in [0.1, 0.15) is 0 Å². The summed E-state index contributed by atoms with van der Waals surface area (Å²) in [6.45, 7) is 3.01. The van der Waals surface area contributed by atoms with Gasteiger partial charge in [-0.25, -0.2) is 0 Å². The van der Waals surface area contributed by atoms with Crippen LogP contribution in [0.4, 0.5) is 0 Å². The summed E-state index contributed by atoms with van der Waals surface area (Å²) in [4.78, 5) is 7.59. The number of aliphatic hydroxyl groups excluding tert-OH is 1. The molecule has 0 aliphatic heterocycles. The molecule has 0 amide bonds. The molecule has 1 atom stereocenters. The normalized spacial score (nSPS) is 13.1. The van der Waals surface area contributed by atoms with Gasteiger partial charge in [0.15, 0.2) is 0 Å². The first-order valence-electron chi connectivity index (χ1n) is 5.55. The van der Waals surface area contributed by atoms with Crippen LogP contribution < -0.4 is 0 Å². The standard InChI is InChI=1S/C12H20N2OS/c1-4-12(15)11-6-5-10(9-13-11)16-8-7-14(2)3/h5-6,9,12,15H,4,7-8H2,1-3H3. The van der Waals surface area contributed by atoms with Crippen molar-refractivity contribution in [1.29, 1.82) is 0 Å². The SMILES string of the molecule is CCC(O)c1ccc(SCCN(C)C)cn1. The van der Waals surface area contributed by atoms with Crippen LogP contribution in [0.2, 0.25) is 0 Å². The Morgan fingerprint density at radius 3 is 2.69 bits per heavy atom. The molecule has 4 heteroatoms. The van der Waals surface area contributed by atoms with Crippen molar-refractivity contribution in [2.45, 2.75) is 24.3 Å². The molecule has 0 bridgehead atoms. The van der Waals surface area contributed by atoms with Crippen LogP contribution in [0.3, 0.4) is 0 Å². The molecule has 0 aliphatic rings. The Morgan fingerprint density at radius 1 is 1.44 bits per heavy atom. The van der Waals surface area contributed by atoms with E-state index in [1.54, 1.807) is 11.8 Å². The van der Waals surface area contributed by atoms with Gasteiger partial charge in [0.05, 0.1) is 11.8 Å². The molecule has 0 fully saturated rings. The fourth-order valence-electron chi connectivity index (χ4n) is 1.23. The largest absolute Gasteiger partial charge is 0.387 e. The van der Waals surface area contributed by atoms with E-state index < -0.39 is 6.10 Å². The van der Waals surface area contributed by atoms with Gasteiger partial charge in [0.25, 0.3) is 0 Å². The second kappa shape index (κ2) is 6.89. The van der Waals surface area contributed by atoms with Crippen LogP contribution in [0.5, 0.6) is 0 Å². The van der Waals surface area contributed by atoms with Crippen molar-refractivity contribution >= 4 is 11.8 Å². The highest BCUT2D eigenvalue weighted by molar-refractivity contribution is 7.99. The van der Waals surface area contributed by atoms with Crippen LogP contribution >= 0.6 is 11.8 Å². The first-order valence-corrected chi connectivity index (χ1v) is 6.53. The quantitative estimate of drug-likeness (QED) is 0.773. The van der Waals surface area contributed by atoms with E-state index in [2.05, 4.69) is 24.0 Å². The monoisotopic (exact) mass is 240 g/mol. The minimum Gasteiger partial charge on any atom is -0.387 e. The molecule has 0 saturated heterocycles. The number of nitrogens with zero attached hydrogens (tertiary/aromatic N) is 2. The topological polar surface area (TPSA) is 36.4 Å². The smallest absolute Gasteiger partial charge is 0.0957 e. The van der Waals surface area contributed by atoms with Crippen LogP contribution in [0.15, 0.2) is 23.2 Å². The molecule has 0 saturated carbocycles. The van der Waals surface area contributed by atoms with Gasteiger partial charge in [-0.2, -0.15) is 0 Å². The third-order valence-electron chi connectivity index (χ3n) is 2.29. The molecule has 3 nitrogen and oxygen atoms in total. The predicted molar refractivity (Wildman–Crippen MR) is 68.8 cm³/mol. The van der Waals surface area contributed by atoms with Crippen molar-refractivity contribution < 1.29 is 5.11 Å². The molecular weight excluding hydrogens is 220 g/mol. The lowest BCUT2D eigenvalue weighted by Gasteiger charge is -2.10. The number of hydrogen-bond donors (Lipinski definition) is 1. The van der Waals surface area contributed by atoms with Crippen molar-refractivity contribution in [3.8, 4) is 0 Å². The zero-order valence-corrected chi connectivity index (χ0v) is 11.0. The summed E-state index contributed by atoms with van der Waals surface area (Å²) in [6.07, 6.45) is 2.12. The average molecular weight is 240 g/mol. The molecule has 1 unspecified atom stereocenters. The zero-order chi connectivity index (χ0) is 12.0. The summed E-state index contributed by atoms with van der Waals surface area (Å²) in [5, 5.41) is 9.59. The Kier molecular flexibility index (Phi) is 5.80. The minimum atomic E-state index is -0.430. The molecule has 0 spiro atoms. The first-order chi connectivity index (χ1) is 7.63. The van der Waals surface area contributed by atoms with Gasteiger partial charge in [0, 0.05) is 23.4 Å². The van der Waals surface area contributed by atoms with Crippen LogP contribution in [0.25, 0.3) is 0 Å². The Hall–Kier alpha value is -0.580. The highest BCUT2D eigenvalue weighted by Crippen LogP contribution is 2.19. The maximum atomic E-state index is 9.59. The average Bonchev–Trinajstić information content (AvgIpc) is 2.28. The Bertz CT molecular complexity index is 300. The van der Waals surface area contributed by atoms with Crippen LogP contribution in [0.1, 0.15) is 25.1 Å². The third kappa shape index (κ3) is 4.51.